The number of hydrogen-bond acceptors (Lipinski definition) is 6. The van der Waals surface area contributed by atoms with E-state index < -0.39 is 5.63 Å². The van der Waals surface area contributed by atoms with Crippen LogP contribution in [0.25, 0.3) is 22.1 Å². The Morgan fingerprint density at radius 1 is 0.931 bits per heavy atom. The summed E-state index contributed by atoms with van der Waals surface area (Å²) in [6, 6.07) is 20.3. The van der Waals surface area contributed by atoms with E-state index >= 15 is 0 Å². The van der Waals surface area contributed by atoms with Crippen LogP contribution < -0.4 is 25.2 Å². The number of nitrogens with one attached hydrogen (secondary N) is 1. The molecule has 0 spiro atoms. The van der Waals surface area contributed by atoms with E-state index in [-0.39, 0.29) is 6.79 Å². The summed E-state index contributed by atoms with van der Waals surface area (Å²) in [5, 5.41) is 4.19. The van der Waals surface area contributed by atoms with Crippen LogP contribution in [-0.2, 0) is 0 Å². The van der Waals surface area contributed by atoms with Crippen molar-refractivity contribution >= 4 is 22.3 Å². The van der Waals surface area contributed by atoms with Crippen molar-refractivity contribution in [3.8, 4) is 28.4 Å². The number of fused-ring (bicyclic) bond motifs is 2. The Balaban J connectivity index is 1.70. The molecule has 1 aliphatic rings. The number of ether oxygens (including phenoxy) is 3. The molecule has 144 valence electrons. The zero-order valence-corrected chi connectivity index (χ0v) is 15.6. The van der Waals surface area contributed by atoms with Crippen LogP contribution in [0.3, 0.4) is 0 Å². The molecule has 0 bridgehead atoms. The van der Waals surface area contributed by atoms with Gasteiger partial charge in [-0.25, -0.2) is 4.79 Å². The quantitative estimate of drug-likeness (QED) is 0.500. The molecule has 0 amide bonds. The minimum atomic E-state index is -0.419. The minimum Gasteiger partial charge on any atom is -0.497 e. The average Bonchev–Trinajstić information content (AvgIpc) is 3.22. The van der Waals surface area contributed by atoms with E-state index in [4.69, 9.17) is 18.6 Å². The van der Waals surface area contributed by atoms with Crippen LogP contribution in [0.2, 0.25) is 0 Å². The predicted octanol–water partition coefficient (Wildman–Crippen LogP) is 4.94. The Kier molecular flexibility index (Phi) is 4.09. The Hall–Kier alpha value is -3.93. The molecular weight excluding hydrogens is 370 g/mol. The Morgan fingerprint density at radius 2 is 1.72 bits per heavy atom. The van der Waals surface area contributed by atoms with Gasteiger partial charge in [0.15, 0.2) is 11.5 Å². The summed E-state index contributed by atoms with van der Waals surface area (Å²) in [6.07, 6.45) is 0. The molecule has 6 heteroatoms. The number of methoxy groups -OCH3 is 1. The van der Waals surface area contributed by atoms with Crippen LogP contribution >= 0.6 is 0 Å². The maximum Gasteiger partial charge on any atom is 0.346 e. The number of hydrogen-bond donors (Lipinski definition) is 1. The summed E-state index contributed by atoms with van der Waals surface area (Å²) in [5.41, 5.74) is 2.72. The second-order valence-corrected chi connectivity index (χ2v) is 6.56. The molecule has 1 aromatic heterocycles. The van der Waals surface area contributed by atoms with E-state index in [9.17, 15) is 4.79 Å². The van der Waals surface area contributed by atoms with Crippen molar-refractivity contribution in [3.63, 3.8) is 0 Å². The van der Waals surface area contributed by atoms with Gasteiger partial charge < -0.3 is 23.9 Å². The molecule has 0 unspecified atom stereocenters. The predicted molar refractivity (Wildman–Crippen MR) is 110 cm³/mol. The third-order valence-corrected chi connectivity index (χ3v) is 4.83. The summed E-state index contributed by atoms with van der Waals surface area (Å²) >= 11 is 0. The van der Waals surface area contributed by atoms with Gasteiger partial charge in [-0.15, -0.1) is 0 Å². The number of para-hydroxylation sites is 1. The molecule has 0 aliphatic carbocycles. The first-order chi connectivity index (χ1) is 14.2. The summed E-state index contributed by atoms with van der Waals surface area (Å²) in [6.45, 7) is 0.202. The molecule has 4 aromatic rings. The normalized spacial score (nSPS) is 12.2. The van der Waals surface area contributed by atoms with Crippen molar-refractivity contribution in [3.05, 3.63) is 77.2 Å². The van der Waals surface area contributed by atoms with E-state index in [1.54, 1.807) is 13.2 Å². The lowest BCUT2D eigenvalue weighted by molar-refractivity contribution is 0.174. The lowest BCUT2D eigenvalue weighted by atomic mass is 10.0. The lowest BCUT2D eigenvalue weighted by Gasteiger charge is -2.14. The van der Waals surface area contributed by atoms with Crippen molar-refractivity contribution in [2.75, 3.05) is 19.2 Å². The smallest absolute Gasteiger partial charge is 0.346 e. The molecule has 3 aromatic carbocycles. The van der Waals surface area contributed by atoms with Crippen molar-refractivity contribution < 1.29 is 18.6 Å². The number of benzene rings is 3. The highest BCUT2D eigenvalue weighted by molar-refractivity contribution is 5.99. The fourth-order valence-corrected chi connectivity index (χ4v) is 3.42. The first-order valence-corrected chi connectivity index (χ1v) is 9.10. The molecule has 5 rings (SSSR count). The Bertz CT molecular complexity index is 1260. The zero-order valence-electron chi connectivity index (χ0n) is 15.6. The standard InChI is InChI=1S/C23H17NO5/c1-26-16-9-6-14(7-10-16)21-22(17-4-2-3-5-18(17)29-23(21)25)24-15-8-11-19-20(12-15)28-13-27-19/h2-12,24H,13H2,1H3. The molecule has 1 N–H and O–H groups in total. The first kappa shape index (κ1) is 17.2. The fraction of sp³-hybridized carbons (Fsp3) is 0.0870. The van der Waals surface area contributed by atoms with Gasteiger partial charge in [0.25, 0.3) is 0 Å². The van der Waals surface area contributed by atoms with Crippen molar-refractivity contribution in [1.29, 1.82) is 0 Å². The largest absolute Gasteiger partial charge is 0.497 e. The summed E-state index contributed by atoms with van der Waals surface area (Å²) in [4.78, 5) is 12.9. The maximum absolute atomic E-state index is 12.9. The number of anilines is 2. The molecule has 0 radical (unpaired) electrons. The fourth-order valence-electron chi connectivity index (χ4n) is 3.42. The summed E-state index contributed by atoms with van der Waals surface area (Å²) < 4.78 is 21.7. The average molecular weight is 387 g/mol. The molecule has 1 aliphatic heterocycles. The van der Waals surface area contributed by atoms with Gasteiger partial charge in [0.2, 0.25) is 6.79 Å². The van der Waals surface area contributed by atoms with Crippen molar-refractivity contribution in [1.82, 2.24) is 0 Å². The van der Waals surface area contributed by atoms with Gasteiger partial charge in [0, 0.05) is 17.1 Å². The van der Waals surface area contributed by atoms with Crippen LogP contribution in [0.5, 0.6) is 17.2 Å². The molecule has 6 nitrogen and oxygen atoms in total. The van der Waals surface area contributed by atoms with Gasteiger partial charge >= 0.3 is 5.63 Å². The van der Waals surface area contributed by atoms with Crippen molar-refractivity contribution in [2.24, 2.45) is 0 Å². The summed E-state index contributed by atoms with van der Waals surface area (Å²) in [5.74, 6) is 2.07. The van der Waals surface area contributed by atoms with E-state index in [1.165, 1.54) is 0 Å². The van der Waals surface area contributed by atoms with Crippen LogP contribution in [-0.4, -0.2) is 13.9 Å². The van der Waals surface area contributed by atoms with Gasteiger partial charge in [-0.2, -0.15) is 0 Å². The van der Waals surface area contributed by atoms with E-state index in [0.717, 1.165) is 16.6 Å². The minimum absolute atomic E-state index is 0.202. The molecular formula is C23H17NO5. The van der Waals surface area contributed by atoms with Crippen LogP contribution in [0, 0.1) is 0 Å². The Labute approximate surface area is 166 Å². The topological polar surface area (TPSA) is 69.9 Å². The zero-order chi connectivity index (χ0) is 19.8. The van der Waals surface area contributed by atoms with E-state index in [1.807, 2.05) is 60.7 Å². The molecule has 0 fully saturated rings. The van der Waals surface area contributed by atoms with E-state index in [2.05, 4.69) is 5.32 Å². The highest BCUT2D eigenvalue weighted by Crippen LogP contribution is 2.38. The molecule has 0 saturated carbocycles. The molecule has 2 heterocycles. The van der Waals surface area contributed by atoms with Crippen molar-refractivity contribution in [2.45, 2.75) is 0 Å². The van der Waals surface area contributed by atoms with Gasteiger partial charge in [0.1, 0.15) is 11.3 Å². The van der Waals surface area contributed by atoms with Crippen LogP contribution in [0.15, 0.2) is 75.9 Å². The summed E-state index contributed by atoms with van der Waals surface area (Å²) in [7, 11) is 1.60. The number of rotatable bonds is 4. The highest BCUT2D eigenvalue weighted by Gasteiger charge is 2.19. The molecule has 29 heavy (non-hydrogen) atoms. The lowest BCUT2D eigenvalue weighted by Crippen LogP contribution is -2.08. The SMILES string of the molecule is COc1ccc(-c2c(Nc3ccc4c(c3)OCO4)c3ccccc3oc2=O)cc1. The maximum atomic E-state index is 12.9. The molecule has 0 atom stereocenters. The monoisotopic (exact) mass is 387 g/mol. The third-order valence-electron chi connectivity index (χ3n) is 4.83. The Morgan fingerprint density at radius 3 is 2.55 bits per heavy atom. The van der Waals surface area contributed by atoms with Gasteiger partial charge in [-0.3, -0.25) is 0 Å². The second-order valence-electron chi connectivity index (χ2n) is 6.56. The van der Waals surface area contributed by atoms with Crippen LogP contribution in [0.4, 0.5) is 11.4 Å². The van der Waals surface area contributed by atoms with Crippen LogP contribution in [0.1, 0.15) is 0 Å². The highest BCUT2D eigenvalue weighted by atomic mass is 16.7. The third kappa shape index (κ3) is 3.04. The first-order valence-electron chi connectivity index (χ1n) is 9.10. The van der Waals surface area contributed by atoms with Gasteiger partial charge in [-0.1, -0.05) is 24.3 Å². The van der Waals surface area contributed by atoms with Gasteiger partial charge in [0.05, 0.1) is 18.4 Å². The second kappa shape index (κ2) is 6.91. The van der Waals surface area contributed by atoms with Gasteiger partial charge in [-0.05, 0) is 42.0 Å². The van der Waals surface area contributed by atoms with E-state index in [0.29, 0.717) is 34.1 Å². The molecule has 0 saturated heterocycles.